The molecule has 0 aliphatic carbocycles. The van der Waals surface area contributed by atoms with Gasteiger partial charge < -0.3 is 25.4 Å². The fourth-order valence-electron chi connectivity index (χ4n) is 5.41. The lowest BCUT2D eigenvalue weighted by atomic mass is 10.0. The highest BCUT2D eigenvalue weighted by Crippen LogP contribution is 2.33. The highest BCUT2D eigenvalue weighted by atomic mass is 16.7. The number of likely N-dealkylation sites (tertiary alicyclic amines) is 1. The van der Waals surface area contributed by atoms with Gasteiger partial charge in [0.2, 0.25) is 12.7 Å². The number of piperazine rings is 1. The van der Waals surface area contributed by atoms with E-state index in [1.54, 1.807) is 0 Å². The van der Waals surface area contributed by atoms with E-state index in [9.17, 15) is 0 Å². The van der Waals surface area contributed by atoms with Gasteiger partial charge in [-0.15, -0.1) is 0 Å². The molecular formula is C28H35N7O2. The molecule has 0 unspecified atom stereocenters. The number of anilines is 3. The first-order valence-electron chi connectivity index (χ1n) is 13.2. The highest BCUT2D eigenvalue weighted by molar-refractivity contribution is 5.53. The van der Waals surface area contributed by atoms with Gasteiger partial charge in [0, 0.05) is 64.5 Å². The molecule has 0 saturated carbocycles. The first-order chi connectivity index (χ1) is 18.2. The number of nitrogens with zero attached hydrogens (tertiary/aromatic N) is 5. The Hall–Kier alpha value is -3.56. The summed E-state index contributed by atoms with van der Waals surface area (Å²) in [6.45, 7) is 8.09. The molecule has 1 aromatic heterocycles. The number of hydrogen-bond donors (Lipinski definition) is 2. The molecular weight excluding hydrogens is 466 g/mol. The van der Waals surface area contributed by atoms with Crippen molar-refractivity contribution in [2.24, 2.45) is 0 Å². The molecule has 9 nitrogen and oxygen atoms in total. The molecule has 3 aliphatic heterocycles. The second-order valence-corrected chi connectivity index (χ2v) is 10.1. The van der Waals surface area contributed by atoms with E-state index in [-0.39, 0.29) is 0 Å². The van der Waals surface area contributed by atoms with E-state index in [0.717, 1.165) is 88.3 Å². The summed E-state index contributed by atoms with van der Waals surface area (Å²) in [5.74, 6) is 3.72. The van der Waals surface area contributed by atoms with Crippen LogP contribution in [0.15, 0.2) is 54.6 Å². The average Bonchev–Trinajstić information content (AvgIpc) is 3.39. The Labute approximate surface area is 218 Å². The van der Waals surface area contributed by atoms with Crippen LogP contribution in [0.4, 0.5) is 17.6 Å². The molecule has 6 rings (SSSR count). The fraction of sp³-hybridized carbons (Fsp3) is 0.429. The molecule has 4 heterocycles. The summed E-state index contributed by atoms with van der Waals surface area (Å²) < 4.78 is 11.0. The number of benzene rings is 2. The fourth-order valence-corrected chi connectivity index (χ4v) is 5.41. The molecule has 0 amide bonds. The summed E-state index contributed by atoms with van der Waals surface area (Å²) in [5.41, 5.74) is 8.74. The van der Waals surface area contributed by atoms with Gasteiger partial charge in [-0.05, 0) is 36.1 Å². The van der Waals surface area contributed by atoms with Crippen molar-refractivity contribution in [1.82, 2.24) is 19.8 Å². The number of nitrogens with two attached hydrogens (primary N) is 1. The van der Waals surface area contributed by atoms with E-state index in [4.69, 9.17) is 15.2 Å². The molecule has 9 heteroatoms. The van der Waals surface area contributed by atoms with Crippen molar-refractivity contribution in [2.45, 2.75) is 32.0 Å². The van der Waals surface area contributed by atoms with Crippen molar-refractivity contribution in [1.29, 1.82) is 0 Å². The number of ether oxygens (including phenoxy) is 2. The number of fused-ring (bicyclic) bond motifs is 1. The Kier molecular flexibility index (Phi) is 6.96. The SMILES string of the molecule is Nc1nc(NC2CCN(Cc3ccccc3)CC2)cc(N2CCN(Cc3ccc4c(c3)OCO4)CC2)n1. The van der Waals surface area contributed by atoms with E-state index in [1.165, 1.54) is 11.1 Å². The molecule has 0 spiro atoms. The van der Waals surface area contributed by atoms with Crippen molar-refractivity contribution >= 4 is 17.6 Å². The number of nitrogen functional groups attached to an aromatic ring is 1. The number of aromatic nitrogens is 2. The first kappa shape index (κ1) is 23.8. The predicted octanol–water partition coefficient (Wildman–Crippen LogP) is 3.19. The van der Waals surface area contributed by atoms with E-state index >= 15 is 0 Å². The third-order valence-electron chi connectivity index (χ3n) is 7.46. The number of nitrogens with one attached hydrogen (secondary N) is 1. The van der Waals surface area contributed by atoms with Gasteiger partial charge in [0.05, 0.1) is 0 Å². The van der Waals surface area contributed by atoms with Gasteiger partial charge in [-0.3, -0.25) is 9.80 Å². The predicted molar refractivity (Wildman–Crippen MR) is 145 cm³/mol. The summed E-state index contributed by atoms with van der Waals surface area (Å²) in [4.78, 5) is 16.3. The van der Waals surface area contributed by atoms with Crippen molar-refractivity contribution in [3.8, 4) is 11.5 Å². The summed E-state index contributed by atoms with van der Waals surface area (Å²) in [6.07, 6.45) is 2.18. The molecule has 0 radical (unpaired) electrons. The maximum absolute atomic E-state index is 6.12. The largest absolute Gasteiger partial charge is 0.454 e. The zero-order valence-corrected chi connectivity index (χ0v) is 21.2. The maximum atomic E-state index is 6.12. The van der Waals surface area contributed by atoms with Crippen LogP contribution in [0, 0.1) is 0 Å². The van der Waals surface area contributed by atoms with Crippen molar-refractivity contribution in [2.75, 3.05) is 62.0 Å². The maximum Gasteiger partial charge on any atom is 0.231 e. The van der Waals surface area contributed by atoms with Gasteiger partial charge in [-0.25, -0.2) is 0 Å². The molecule has 0 bridgehead atoms. The van der Waals surface area contributed by atoms with Gasteiger partial charge >= 0.3 is 0 Å². The van der Waals surface area contributed by atoms with E-state index in [2.05, 4.69) is 78.5 Å². The highest BCUT2D eigenvalue weighted by Gasteiger charge is 2.23. The molecule has 0 atom stereocenters. The van der Waals surface area contributed by atoms with Gasteiger partial charge in [0.15, 0.2) is 11.5 Å². The molecule has 194 valence electrons. The Morgan fingerprint density at radius 2 is 1.51 bits per heavy atom. The standard InChI is InChI=1S/C28H35N7O2/c29-28-31-26(30-23-8-10-33(11-9-23)18-21-4-2-1-3-5-21)17-27(32-28)35-14-12-34(13-15-35)19-22-6-7-24-25(16-22)37-20-36-24/h1-7,16-17,23H,8-15,18-20H2,(H3,29,30,31,32). The smallest absolute Gasteiger partial charge is 0.231 e. The van der Waals surface area contributed by atoms with E-state index in [1.807, 2.05) is 6.07 Å². The van der Waals surface area contributed by atoms with Crippen LogP contribution in [-0.4, -0.2) is 71.9 Å². The lowest BCUT2D eigenvalue weighted by molar-refractivity contribution is 0.174. The minimum atomic E-state index is 0.309. The topological polar surface area (TPSA) is 92.0 Å². The average molecular weight is 502 g/mol. The second-order valence-electron chi connectivity index (χ2n) is 10.1. The summed E-state index contributed by atoms with van der Waals surface area (Å²) in [7, 11) is 0. The number of hydrogen-bond acceptors (Lipinski definition) is 9. The summed E-state index contributed by atoms with van der Waals surface area (Å²) in [5, 5.41) is 3.63. The minimum Gasteiger partial charge on any atom is -0.454 e. The monoisotopic (exact) mass is 501 g/mol. The van der Waals surface area contributed by atoms with Gasteiger partial charge in [-0.1, -0.05) is 36.4 Å². The molecule has 3 aliphatic rings. The number of piperidine rings is 1. The Morgan fingerprint density at radius 1 is 0.784 bits per heavy atom. The molecule has 3 aromatic rings. The first-order valence-corrected chi connectivity index (χ1v) is 13.2. The van der Waals surface area contributed by atoms with Crippen LogP contribution in [0.5, 0.6) is 11.5 Å². The molecule has 2 saturated heterocycles. The van der Waals surface area contributed by atoms with Crippen LogP contribution in [0.1, 0.15) is 24.0 Å². The minimum absolute atomic E-state index is 0.309. The zero-order chi connectivity index (χ0) is 25.0. The van der Waals surface area contributed by atoms with Crippen molar-refractivity contribution < 1.29 is 9.47 Å². The van der Waals surface area contributed by atoms with Crippen LogP contribution >= 0.6 is 0 Å². The van der Waals surface area contributed by atoms with E-state index < -0.39 is 0 Å². The normalized spacial score (nSPS) is 18.8. The Morgan fingerprint density at radius 3 is 2.32 bits per heavy atom. The zero-order valence-electron chi connectivity index (χ0n) is 21.2. The molecule has 37 heavy (non-hydrogen) atoms. The lowest BCUT2D eigenvalue weighted by Crippen LogP contribution is -2.46. The van der Waals surface area contributed by atoms with Gasteiger partial charge in [-0.2, -0.15) is 9.97 Å². The van der Waals surface area contributed by atoms with Crippen LogP contribution in [0.25, 0.3) is 0 Å². The number of rotatable bonds is 7. The Balaban J connectivity index is 1.00. The van der Waals surface area contributed by atoms with Crippen molar-refractivity contribution in [3.63, 3.8) is 0 Å². The quantitative estimate of drug-likeness (QED) is 0.506. The van der Waals surface area contributed by atoms with Gasteiger partial charge in [0.1, 0.15) is 11.6 Å². The molecule has 2 fully saturated rings. The summed E-state index contributed by atoms with van der Waals surface area (Å²) in [6, 6.07) is 19.4. The lowest BCUT2D eigenvalue weighted by Gasteiger charge is -2.36. The van der Waals surface area contributed by atoms with Crippen LogP contribution in [0.3, 0.4) is 0 Å². The van der Waals surface area contributed by atoms with Gasteiger partial charge in [0.25, 0.3) is 0 Å². The third kappa shape index (κ3) is 5.89. The second kappa shape index (κ2) is 10.8. The molecule has 2 aromatic carbocycles. The van der Waals surface area contributed by atoms with E-state index in [0.29, 0.717) is 18.8 Å². The summed E-state index contributed by atoms with van der Waals surface area (Å²) >= 11 is 0. The Bertz CT molecular complexity index is 1190. The van der Waals surface area contributed by atoms with Crippen LogP contribution in [-0.2, 0) is 13.1 Å². The van der Waals surface area contributed by atoms with Crippen LogP contribution in [0.2, 0.25) is 0 Å². The van der Waals surface area contributed by atoms with Crippen LogP contribution < -0.4 is 25.4 Å². The molecule has 3 N–H and O–H groups in total. The van der Waals surface area contributed by atoms with Crippen molar-refractivity contribution in [3.05, 3.63) is 65.7 Å². The third-order valence-corrected chi connectivity index (χ3v) is 7.46.